The zero-order chi connectivity index (χ0) is 14.4. The molecular formula is C15H19N5. The Bertz CT molecular complexity index is 639. The van der Waals surface area contributed by atoms with Crippen molar-refractivity contribution in [1.82, 2.24) is 15.0 Å². The first kappa shape index (κ1) is 14.0. The molecule has 0 aliphatic carbocycles. The number of nitrogens with two attached hydrogens (primary N) is 1. The van der Waals surface area contributed by atoms with E-state index in [1.54, 1.807) is 6.21 Å². The summed E-state index contributed by atoms with van der Waals surface area (Å²) in [4.78, 5) is 16.1. The van der Waals surface area contributed by atoms with E-state index >= 15 is 0 Å². The molecule has 2 aromatic rings. The second-order valence-electron chi connectivity index (χ2n) is 4.45. The number of nitrogens with one attached hydrogen (secondary N) is 1. The highest BCUT2D eigenvalue weighted by molar-refractivity contribution is 6.13. The molecule has 1 unspecified atom stereocenters. The van der Waals surface area contributed by atoms with E-state index in [4.69, 9.17) is 5.73 Å². The standard InChI is InChI=1S/C15H19N5/c1-3-5-12(4-2)18-9-11(8-16)14-13-6-7-17-15(13)20-10-19-14/h3,6-10,12H,1,4-5,16H2,2H3,(H,17,19,20). The van der Waals surface area contributed by atoms with E-state index in [0.717, 1.165) is 35.1 Å². The molecule has 0 spiro atoms. The third-order valence-corrected chi connectivity index (χ3v) is 3.14. The predicted molar refractivity (Wildman–Crippen MR) is 83.4 cm³/mol. The topological polar surface area (TPSA) is 79.9 Å². The van der Waals surface area contributed by atoms with Crippen LogP contribution in [0, 0.1) is 0 Å². The molecule has 1 atom stereocenters. The first-order valence-electron chi connectivity index (χ1n) is 6.64. The fourth-order valence-corrected chi connectivity index (χ4v) is 2.00. The van der Waals surface area contributed by atoms with E-state index < -0.39 is 0 Å². The molecule has 0 aliphatic rings. The minimum atomic E-state index is 0.228. The first-order valence-corrected chi connectivity index (χ1v) is 6.64. The van der Waals surface area contributed by atoms with Crippen LogP contribution in [-0.4, -0.2) is 27.2 Å². The average molecular weight is 269 g/mol. The summed E-state index contributed by atoms with van der Waals surface area (Å²) in [6.07, 6.45) is 10.4. The van der Waals surface area contributed by atoms with E-state index in [-0.39, 0.29) is 6.04 Å². The van der Waals surface area contributed by atoms with E-state index in [1.165, 1.54) is 12.5 Å². The van der Waals surface area contributed by atoms with Gasteiger partial charge in [-0.2, -0.15) is 0 Å². The van der Waals surface area contributed by atoms with Crippen molar-refractivity contribution < 1.29 is 0 Å². The first-order chi connectivity index (χ1) is 9.80. The Hall–Kier alpha value is -2.43. The summed E-state index contributed by atoms with van der Waals surface area (Å²) >= 11 is 0. The van der Waals surface area contributed by atoms with Crippen LogP contribution in [-0.2, 0) is 0 Å². The molecule has 0 fully saturated rings. The number of fused-ring (bicyclic) bond motifs is 1. The van der Waals surface area contributed by atoms with Crippen molar-refractivity contribution in [1.29, 1.82) is 0 Å². The Kier molecular flexibility index (Phi) is 4.65. The van der Waals surface area contributed by atoms with Crippen molar-refractivity contribution in [2.24, 2.45) is 10.7 Å². The molecule has 0 saturated heterocycles. The molecule has 2 aromatic heterocycles. The van der Waals surface area contributed by atoms with Gasteiger partial charge in [-0.1, -0.05) is 13.0 Å². The molecule has 0 saturated carbocycles. The summed E-state index contributed by atoms with van der Waals surface area (Å²) in [7, 11) is 0. The van der Waals surface area contributed by atoms with Crippen molar-refractivity contribution in [3.63, 3.8) is 0 Å². The van der Waals surface area contributed by atoms with Crippen LogP contribution in [0.25, 0.3) is 16.6 Å². The maximum absolute atomic E-state index is 5.72. The lowest BCUT2D eigenvalue weighted by molar-refractivity contribution is 0.666. The van der Waals surface area contributed by atoms with Gasteiger partial charge in [0, 0.05) is 29.6 Å². The SMILES string of the molecule is C=CCC(CC)N=CC(=CN)c1ncnc2[nH]ccc12. The molecule has 2 heterocycles. The third kappa shape index (κ3) is 2.93. The highest BCUT2D eigenvalue weighted by Crippen LogP contribution is 2.19. The minimum absolute atomic E-state index is 0.228. The predicted octanol–water partition coefficient (Wildman–Crippen LogP) is 2.68. The molecule has 0 aromatic carbocycles. The highest BCUT2D eigenvalue weighted by Gasteiger charge is 2.08. The van der Waals surface area contributed by atoms with Crippen LogP contribution >= 0.6 is 0 Å². The quantitative estimate of drug-likeness (QED) is 0.625. The van der Waals surface area contributed by atoms with E-state index in [2.05, 4.69) is 33.4 Å². The molecule has 104 valence electrons. The van der Waals surface area contributed by atoms with Gasteiger partial charge in [-0.25, -0.2) is 9.97 Å². The van der Waals surface area contributed by atoms with Gasteiger partial charge in [0.25, 0.3) is 0 Å². The van der Waals surface area contributed by atoms with Crippen LogP contribution in [0.5, 0.6) is 0 Å². The van der Waals surface area contributed by atoms with Gasteiger partial charge >= 0.3 is 0 Å². The zero-order valence-corrected chi connectivity index (χ0v) is 11.6. The number of hydrogen-bond donors (Lipinski definition) is 2. The number of aliphatic imine (C=N–C) groups is 1. The Balaban J connectivity index is 2.31. The smallest absolute Gasteiger partial charge is 0.141 e. The third-order valence-electron chi connectivity index (χ3n) is 3.14. The number of rotatable bonds is 6. The number of hydrogen-bond acceptors (Lipinski definition) is 4. The Morgan fingerprint density at radius 3 is 3.10 bits per heavy atom. The normalized spacial score (nSPS) is 13.9. The maximum Gasteiger partial charge on any atom is 0.141 e. The Morgan fingerprint density at radius 2 is 2.40 bits per heavy atom. The largest absolute Gasteiger partial charge is 0.404 e. The van der Waals surface area contributed by atoms with Crippen LogP contribution in [0.4, 0.5) is 0 Å². The number of aromatic nitrogens is 3. The molecule has 0 aliphatic heterocycles. The van der Waals surface area contributed by atoms with E-state index in [0.29, 0.717) is 0 Å². The molecule has 20 heavy (non-hydrogen) atoms. The fraction of sp³-hybridized carbons (Fsp3) is 0.267. The van der Waals surface area contributed by atoms with Crippen LogP contribution in [0.1, 0.15) is 25.5 Å². The second-order valence-corrected chi connectivity index (χ2v) is 4.45. The van der Waals surface area contributed by atoms with Crippen LogP contribution < -0.4 is 5.73 Å². The van der Waals surface area contributed by atoms with Gasteiger partial charge in [0.05, 0.1) is 11.7 Å². The molecule has 0 amide bonds. The van der Waals surface area contributed by atoms with Gasteiger partial charge in [-0.15, -0.1) is 6.58 Å². The van der Waals surface area contributed by atoms with Gasteiger partial charge in [0.1, 0.15) is 12.0 Å². The number of H-pyrrole nitrogens is 1. The average Bonchev–Trinajstić information content (AvgIpc) is 2.95. The molecule has 3 N–H and O–H groups in total. The fourth-order valence-electron chi connectivity index (χ4n) is 2.00. The lowest BCUT2D eigenvalue weighted by Crippen LogP contribution is -2.03. The number of allylic oxidation sites excluding steroid dienone is 1. The number of nitrogens with zero attached hydrogens (tertiary/aromatic N) is 3. The van der Waals surface area contributed by atoms with Gasteiger partial charge in [0.15, 0.2) is 0 Å². The van der Waals surface area contributed by atoms with Crippen molar-refractivity contribution in [2.45, 2.75) is 25.8 Å². The summed E-state index contributed by atoms with van der Waals surface area (Å²) in [5, 5.41) is 0.937. The lowest BCUT2D eigenvalue weighted by Gasteiger charge is -2.07. The van der Waals surface area contributed by atoms with Crippen LogP contribution in [0.15, 0.2) is 42.4 Å². The maximum atomic E-state index is 5.72. The van der Waals surface area contributed by atoms with Crippen molar-refractivity contribution in [3.8, 4) is 0 Å². The second kappa shape index (κ2) is 6.65. The monoisotopic (exact) mass is 269 g/mol. The molecular weight excluding hydrogens is 250 g/mol. The lowest BCUT2D eigenvalue weighted by atomic mass is 10.1. The Morgan fingerprint density at radius 1 is 1.55 bits per heavy atom. The van der Waals surface area contributed by atoms with Gasteiger partial charge in [0.2, 0.25) is 0 Å². The van der Waals surface area contributed by atoms with Crippen LogP contribution in [0.2, 0.25) is 0 Å². The van der Waals surface area contributed by atoms with Crippen molar-refractivity contribution in [3.05, 3.63) is 43.1 Å². The molecule has 0 bridgehead atoms. The summed E-state index contributed by atoms with van der Waals surface area (Å²) in [6, 6.07) is 2.16. The molecule has 0 radical (unpaired) electrons. The summed E-state index contributed by atoms with van der Waals surface area (Å²) in [5.41, 5.74) is 8.09. The van der Waals surface area contributed by atoms with Crippen molar-refractivity contribution >= 4 is 22.8 Å². The molecule has 5 heteroatoms. The number of aromatic amines is 1. The van der Waals surface area contributed by atoms with Crippen LogP contribution in [0.3, 0.4) is 0 Å². The summed E-state index contributed by atoms with van der Waals surface area (Å²) in [6.45, 7) is 5.85. The van der Waals surface area contributed by atoms with E-state index in [1.807, 2.05) is 18.3 Å². The summed E-state index contributed by atoms with van der Waals surface area (Å²) in [5.74, 6) is 0. The molecule has 5 nitrogen and oxygen atoms in total. The summed E-state index contributed by atoms with van der Waals surface area (Å²) < 4.78 is 0. The van der Waals surface area contributed by atoms with E-state index in [9.17, 15) is 0 Å². The minimum Gasteiger partial charge on any atom is -0.404 e. The Labute approximate surface area is 118 Å². The molecule has 2 rings (SSSR count). The zero-order valence-electron chi connectivity index (χ0n) is 11.6. The van der Waals surface area contributed by atoms with Crippen molar-refractivity contribution in [2.75, 3.05) is 0 Å². The van der Waals surface area contributed by atoms with Gasteiger partial charge < -0.3 is 10.7 Å². The van der Waals surface area contributed by atoms with Gasteiger partial charge in [-0.3, -0.25) is 4.99 Å². The van der Waals surface area contributed by atoms with Gasteiger partial charge in [-0.05, 0) is 18.9 Å². The highest BCUT2D eigenvalue weighted by atomic mass is 14.9.